The van der Waals surface area contributed by atoms with E-state index in [1.165, 1.54) is 11.3 Å². The summed E-state index contributed by atoms with van der Waals surface area (Å²) in [4.78, 5) is 22.2. The van der Waals surface area contributed by atoms with Gasteiger partial charge in [-0.1, -0.05) is 46.1 Å². The van der Waals surface area contributed by atoms with E-state index in [4.69, 9.17) is 44.5 Å². The summed E-state index contributed by atoms with van der Waals surface area (Å²) in [7, 11) is 0. The molecule has 2 aromatic carbocycles. The van der Waals surface area contributed by atoms with Gasteiger partial charge in [0.05, 0.1) is 23.4 Å². The summed E-state index contributed by atoms with van der Waals surface area (Å²) < 4.78 is 6.37. The second-order valence-corrected chi connectivity index (χ2v) is 9.45. The summed E-state index contributed by atoms with van der Waals surface area (Å²) in [6, 6.07) is 8.64. The number of fused-ring (bicyclic) bond motifs is 1. The number of benzene rings is 2. The molecule has 3 aromatic rings. The molecule has 31 heavy (non-hydrogen) atoms. The van der Waals surface area contributed by atoms with Crippen molar-refractivity contribution < 1.29 is 9.53 Å². The number of aromatic nitrogens is 1. The van der Waals surface area contributed by atoms with Crippen molar-refractivity contribution in [2.24, 2.45) is 0 Å². The normalized spacial score (nSPS) is 14.5. The van der Waals surface area contributed by atoms with E-state index >= 15 is 0 Å². The number of aryl methyl sites for hydroxylation is 1. The Bertz CT molecular complexity index is 1070. The second kappa shape index (κ2) is 10.7. The van der Waals surface area contributed by atoms with Gasteiger partial charge in [-0.05, 0) is 42.8 Å². The van der Waals surface area contributed by atoms with Crippen LogP contribution in [-0.4, -0.2) is 55.2 Å². The summed E-state index contributed by atoms with van der Waals surface area (Å²) in [5, 5.41) is 2.13. The Balaban J connectivity index is 0.00000272. The molecule has 0 spiro atoms. The highest BCUT2D eigenvalue weighted by molar-refractivity contribution is 7.22. The molecule has 0 aliphatic carbocycles. The first-order valence-electron chi connectivity index (χ1n) is 9.55. The molecule has 4 rings (SSSR count). The van der Waals surface area contributed by atoms with E-state index in [1.807, 2.05) is 19.1 Å². The summed E-state index contributed by atoms with van der Waals surface area (Å²) in [5.74, 6) is -0.185. The summed E-state index contributed by atoms with van der Waals surface area (Å²) in [6.07, 6.45) is 0. The van der Waals surface area contributed by atoms with Crippen molar-refractivity contribution in [1.82, 2.24) is 9.88 Å². The lowest BCUT2D eigenvalue weighted by molar-refractivity contribution is 0.0391. The van der Waals surface area contributed by atoms with Gasteiger partial charge in [0.25, 0.3) is 5.91 Å². The molecule has 1 aliphatic heterocycles. The zero-order valence-corrected chi connectivity index (χ0v) is 20.6. The Morgan fingerprint density at radius 3 is 2.42 bits per heavy atom. The first-order chi connectivity index (χ1) is 14.4. The van der Waals surface area contributed by atoms with Crippen LogP contribution in [0.2, 0.25) is 15.1 Å². The third kappa shape index (κ3) is 5.82. The fraction of sp³-hybridized carbons (Fsp3) is 0.333. The quantitative estimate of drug-likeness (QED) is 0.416. The van der Waals surface area contributed by atoms with Gasteiger partial charge in [-0.25, -0.2) is 4.98 Å². The number of rotatable bonds is 5. The number of amides is 1. The van der Waals surface area contributed by atoms with Crippen LogP contribution in [0.3, 0.4) is 0 Å². The average Bonchev–Trinajstić information content (AvgIpc) is 3.12. The smallest absolute Gasteiger partial charge is 0.260 e. The Kier molecular flexibility index (Phi) is 8.44. The largest absolute Gasteiger partial charge is 0.379 e. The average molecular weight is 521 g/mol. The fourth-order valence-electron chi connectivity index (χ4n) is 3.44. The predicted octanol–water partition coefficient (Wildman–Crippen LogP) is 5.97. The molecular formula is C21H21Cl4N3O2S. The van der Waals surface area contributed by atoms with Crippen LogP contribution >= 0.6 is 58.5 Å². The Hall–Kier alpha value is -1.12. The van der Waals surface area contributed by atoms with Crippen LogP contribution in [0, 0.1) is 6.92 Å². The van der Waals surface area contributed by atoms with Gasteiger partial charge in [0.1, 0.15) is 0 Å². The van der Waals surface area contributed by atoms with Gasteiger partial charge in [-0.2, -0.15) is 0 Å². The highest BCUT2D eigenvalue weighted by Gasteiger charge is 2.24. The maximum Gasteiger partial charge on any atom is 0.260 e. The molecule has 2 heterocycles. The van der Waals surface area contributed by atoms with E-state index in [-0.39, 0.29) is 18.3 Å². The van der Waals surface area contributed by atoms with Crippen LogP contribution in [0.15, 0.2) is 30.3 Å². The van der Waals surface area contributed by atoms with Crippen molar-refractivity contribution in [3.8, 4) is 0 Å². The highest BCUT2D eigenvalue weighted by atomic mass is 35.5. The number of halogens is 4. The lowest BCUT2D eigenvalue weighted by Gasteiger charge is -2.29. The number of carbonyl (C=O) groups is 1. The second-order valence-electron chi connectivity index (χ2n) is 7.13. The maximum atomic E-state index is 13.5. The van der Waals surface area contributed by atoms with Gasteiger partial charge in [-0.3, -0.25) is 14.6 Å². The highest BCUT2D eigenvalue weighted by Crippen LogP contribution is 2.34. The molecule has 1 aliphatic rings. The van der Waals surface area contributed by atoms with Crippen LogP contribution in [0.5, 0.6) is 0 Å². The van der Waals surface area contributed by atoms with Crippen LogP contribution in [0.25, 0.3) is 10.2 Å². The van der Waals surface area contributed by atoms with Gasteiger partial charge >= 0.3 is 0 Å². The minimum absolute atomic E-state index is 0. The predicted molar refractivity (Wildman–Crippen MR) is 132 cm³/mol. The first kappa shape index (κ1) is 24.5. The monoisotopic (exact) mass is 519 g/mol. The number of anilines is 1. The topological polar surface area (TPSA) is 45.7 Å². The molecule has 0 radical (unpaired) electrons. The lowest BCUT2D eigenvalue weighted by atomic mass is 10.2. The van der Waals surface area contributed by atoms with Crippen molar-refractivity contribution in [3.63, 3.8) is 0 Å². The minimum atomic E-state index is -0.185. The third-order valence-corrected chi connectivity index (χ3v) is 6.65. The maximum absolute atomic E-state index is 13.5. The van der Waals surface area contributed by atoms with E-state index in [2.05, 4.69) is 4.90 Å². The van der Waals surface area contributed by atoms with Crippen LogP contribution < -0.4 is 4.90 Å². The first-order valence-corrected chi connectivity index (χ1v) is 11.5. The molecule has 1 fully saturated rings. The van der Waals surface area contributed by atoms with Gasteiger partial charge in [0.15, 0.2) is 5.13 Å². The van der Waals surface area contributed by atoms with Crippen molar-refractivity contribution in [1.29, 1.82) is 0 Å². The van der Waals surface area contributed by atoms with Gasteiger partial charge < -0.3 is 4.74 Å². The molecular weight excluding hydrogens is 500 g/mol. The lowest BCUT2D eigenvalue weighted by Crippen LogP contribution is -2.43. The number of ether oxygens (including phenoxy) is 1. The molecule has 1 saturated heterocycles. The molecule has 5 nitrogen and oxygen atoms in total. The van der Waals surface area contributed by atoms with Crippen molar-refractivity contribution in [2.45, 2.75) is 6.92 Å². The number of thiazole rings is 1. The van der Waals surface area contributed by atoms with Crippen molar-refractivity contribution in [2.75, 3.05) is 44.3 Å². The number of carbonyl (C=O) groups excluding carboxylic acids is 1. The molecule has 166 valence electrons. The van der Waals surface area contributed by atoms with E-state index in [0.29, 0.717) is 45.5 Å². The number of morpholine rings is 1. The van der Waals surface area contributed by atoms with E-state index in [1.54, 1.807) is 23.1 Å². The zero-order chi connectivity index (χ0) is 21.3. The minimum Gasteiger partial charge on any atom is -0.379 e. The summed E-state index contributed by atoms with van der Waals surface area (Å²) >= 11 is 20.0. The van der Waals surface area contributed by atoms with Crippen molar-refractivity contribution in [3.05, 3.63) is 56.5 Å². The molecule has 10 heteroatoms. The molecule has 0 saturated carbocycles. The zero-order valence-electron chi connectivity index (χ0n) is 16.7. The SMILES string of the molecule is Cc1cc(Cl)cc2sc(N(CCN3CCOCC3)C(=O)c3cc(Cl)cc(Cl)c3)nc12.Cl. The van der Waals surface area contributed by atoms with E-state index < -0.39 is 0 Å². The van der Waals surface area contributed by atoms with Crippen LogP contribution in [0.1, 0.15) is 15.9 Å². The Morgan fingerprint density at radius 2 is 1.74 bits per heavy atom. The molecule has 1 aromatic heterocycles. The molecule has 0 bridgehead atoms. The molecule has 0 N–H and O–H groups in total. The number of hydrogen-bond acceptors (Lipinski definition) is 5. The number of nitrogens with zero attached hydrogens (tertiary/aromatic N) is 3. The van der Waals surface area contributed by atoms with E-state index in [9.17, 15) is 4.79 Å². The molecule has 0 unspecified atom stereocenters. The van der Waals surface area contributed by atoms with Gasteiger partial charge in [0.2, 0.25) is 0 Å². The third-order valence-electron chi connectivity index (χ3n) is 4.97. The fourth-order valence-corrected chi connectivity index (χ4v) is 5.41. The summed E-state index contributed by atoms with van der Waals surface area (Å²) in [5.41, 5.74) is 2.27. The van der Waals surface area contributed by atoms with Gasteiger partial charge in [-0.15, -0.1) is 12.4 Å². The van der Waals surface area contributed by atoms with Crippen LogP contribution in [-0.2, 0) is 4.74 Å². The van der Waals surface area contributed by atoms with Crippen LogP contribution in [0.4, 0.5) is 5.13 Å². The van der Waals surface area contributed by atoms with Crippen molar-refractivity contribution >= 4 is 79.8 Å². The Labute approximate surface area is 206 Å². The summed E-state index contributed by atoms with van der Waals surface area (Å²) in [6.45, 7) is 6.29. The Morgan fingerprint density at radius 1 is 1.10 bits per heavy atom. The van der Waals surface area contributed by atoms with E-state index in [0.717, 1.165) is 35.4 Å². The van der Waals surface area contributed by atoms with Gasteiger partial charge in [0, 0.05) is 46.8 Å². The standard InChI is InChI=1S/C21H20Cl3N3O2S.ClH/c1-13-8-15(22)12-18-19(13)25-21(30-18)27(3-2-26-4-6-29-7-5-26)20(28)14-9-16(23)11-17(24)10-14;/h8-12H,2-7H2,1H3;1H. The number of hydrogen-bond donors (Lipinski definition) is 0. The molecule has 1 amide bonds. The molecule has 0 atom stereocenters.